The molecular formula is C5H7O2. The van der Waals surface area contributed by atoms with Crippen molar-refractivity contribution in [1.29, 1.82) is 0 Å². The van der Waals surface area contributed by atoms with Crippen LogP contribution in [0.3, 0.4) is 0 Å². The van der Waals surface area contributed by atoms with Gasteiger partial charge in [0.05, 0.1) is 0 Å². The van der Waals surface area contributed by atoms with E-state index in [0.29, 0.717) is 0 Å². The topological polar surface area (TPSA) is 37.3 Å². The summed E-state index contributed by atoms with van der Waals surface area (Å²) in [4.78, 5) is 9.82. The van der Waals surface area contributed by atoms with Gasteiger partial charge in [-0.2, -0.15) is 0 Å². The van der Waals surface area contributed by atoms with Crippen molar-refractivity contribution >= 4 is 5.97 Å². The van der Waals surface area contributed by atoms with Crippen molar-refractivity contribution in [2.24, 2.45) is 0 Å². The van der Waals surface area contributed by atoms with E-state index in [9.17, 15) is 4.79 Å². The summed E-state index contributed by atoms with van der Waals surface area (Å²) in [6, 6.07) is 0. The van der Waals surface area contributed by atoms with Gasteiger partial charge in [0.2, 0.25) is 0 Å². The van der Waals surface area contributed by atoms with Gasteiger partial charge in [0, 0.05) is 5.57 Å². The zero-order chi connectivity index (χ0) is 5.86. The lowest BCUT2D eigenvalue weighted by Gasteiger charge is -1.83. The van der Waals surface area contributed by atoms with Crippen LogP contribution >= 0.6 is 0 Å². The second-order valence-corrected chi connectivity index (χ2v) is 1.19. The van der Waals surface area contributed by atoms with Crippen LogP contribution in [0.5, 0.6) is 0 Å². The van der Waals surface area contributed by atoms with Crippen molar-refractivity contribution in [1.82, 2.24) is 0 Å². The monoisotopic (exact) mass is 99.0 g/mol. The van der Waals surface area contributed by atoms with Gasteiger partial charge in [0.15, 0.2) is 0 Å². The molecule has 0 bridgehead atoms. The predicted molar refractivity (Wildman–Crippen MR) is 26.7 cm³/mol. The van der Waals surface area contributed by atoms with Crippen LogP contribution in [0.25, 0.3) is 0 Å². The number of hydrogen-bond donors (Lipinski definition) is 1. The SMILES string of the molecule is [CH2]C=C(C)C(=O)O. The molecule has 0 aromatic carbocycles. The third-order valence-corrected chi connectivity index (χ3v) is 0.644. The normalized spacial score (nSPS) is 11.4. The Bertz CT molecular complexity index is 103. The molecule has 39 valence electrons. The number of carbonyl (C=O) groups is 1. The number of allylic oxidation sites excluding steroid dienone is 1. The molecule has 1 radical (unpaired) electrons. The quantitative estimate of drug-likeness (QED) is 0.495. The first kappa shape index (κ1) is 6.21. The largest absolute Gasteiger partial charge is 0.478 e. The Balaban J connectivity index is 3.82. The highest BCUT2D eigenvalue weighted by Crippen LogP contribution is 1.87. The molecule has 0 spiro atoms. The summed E-state index contributed by atoms with van der Waals surface area (Å²) in [7, 11) is 0. The van der Waals surface area contributed by atoms with E-state index in [-0.39, 0.29) is 5.57 Å². The summed E-state index contributed by atoms with van der Waals surface area (Å²) >= 11 is 0. The second kappa shape index (κ2) is 2.39. The maximum atomic E-state index is 9.82. The van der Waals surface area contributed by atoms with E-state index in [1.54, 1.807) is 0 Å². The van der Waals surface area contributed by atoms with Crippen molar-refractivity contribution in [3.05, 3.63) is 18.6 Å². The average Bonchev–Trinajstić information content (AvgIpc) is 1.65. The minimum Gasteiger partial charge on any atom is -0.478 e. The number of aliphatic carboxylic acids is 1. The first-order valence-corrected chi connectivity index (χ1v) is 1.87. The fourth-order valence-electron chi connectivity index (χ4n) is 0.0873. The molecule has 0 heterocycles. The lowest BCUT2D eigenvalue weighted by molar-refractivity contribution is -0.132. The molecule has 2 nitrogen and oxygen atoms in total. The molecule has 0 aromatic heterocycles. The van der Waals surface area contributed by atoms with Gasteiger partial charge in [0.25, 0.3) is 0 Å². The van der Waals surface area contributed by atoms with Crippen molar-refractivity contribution in [3.8, 4) is 0 Å². The fraction of sp³-hybridized carbons (Fsp3) is 0.200. The van der Waals surface area contributed by atoms with Crippen LogP contribution in [0.15, 0.2) is 11.6 Å². The van der Waals surface area contributed by atoms with Crippen LogP contribution in [-0.4, -0.2) is 11.1 Å². The van der Waals surface area contributed by atoms with Crippen LogP contribution in [-0.2, 0) is 4.79 Å². The van der Waals surface area contributed by atoms with E-state index in [0.717, 1.165) is 0 Å². The molecule has 0 unspecified atom stereocenters. The molecule has 0 saturated carbocycles. The maximum Gasteiger partial charge on any atom is 0.330 e. The zero-order valence-electron chi connectivity index (χ0n) is 4.14. The minimum absolute atomic E-state index is 0.278. The Morgan fingerprint density at radius 3 is 2.29 bits per heavy atom. The molecule has 0 aliphatic heterocycles. The van der Waals surface area contributed by atoms with Crippen LogP contribution < -0.4 is 0 Å². The van der Waals surface area contributed by atoms with E-state index in [1.165, 1.54) is 13.0 Å². The lowest BCUT2D eigenvalue weighted by Crippen LogP contribution is -1.94. The van der Waals surface area contributed by atoms with Gasteiger partial charge in [-0.1, -0.05) is 6.08 Å². The van der Waals surface area contributed by atoms with E-state index >= 15 is 0 Å². The molecule has 0 amide bonds. The van der Waals surface area contributed by atoms with Crippen molar-refractivity contribution < 1.29 is 9.90 Å². The number of rotatable bonds is 1. The van der Waals surface area contributed by atoms with Crippen LogP contribution in [0.2, 0.25) is 0 Å². The van der Waals surface area contributed by atoms with Crippen LogP contribution in [0, 0.1) is 6.92 Å². The number of carboxylic acid groups (broad SMARTS) is 1. The lowest BCUT2D eigenvalue weighted by atomic mass is 10.3. The minimum atomic E-state index is -0.907. The number of carboxylic acids is 1. The molecule has 7 heavy (non-hydrogen) atoms. The molecule has 0 aliphatic carbocycles. The smallest absolute Gasteiger partial charge is 0.330 e. The Hall–Kier alpha value is -0.790. The highest BCUT2D eigenvalue weighted by Gasteiger charge is 1.93. The molecule has 0 aromatic rings. The van der Waals surface area contributed by atoms with Crippen molar-refractivity contribution in [2.75, 3.05) is 0 Å². The highest BCUT2D eigenvalue weighted by molar-refractivity contribution is 5.85. The standard InChI is InChI=1S/C5H7O2/c1-3-4(2)5(6)7/h3H,1H2,2H3,(H,6,7). The molecule has 0 fully saturated rings. The molecule has 2 heteroatoms. The van der Waals surface area contributed by atoms with E-state index < -0.39 is 5.97 Å². The summed E-state index contributed by atoms with van der Waals surface area (Å²) in [5, 5.41) is 8.07. The molecule has 0 rings (SSSR count). The van der Waals surface area contributed by atoms with Crippen LogP contribution in [0.1, 0.15) is 6.92 Å². The van der Waals surface area contributed by atoms with Gasteiger partial charge in [-0.05, 0) is 13.8 Å². The Morgan fingerprint density at radius 2 is 2.29 bits per heavy atom. The van der Waals surface area contributed by atoms with Gasteiger partial charge in [-0.25, -0.2) is 4.79 Å². The number of hydrogen-bond acceptors (Lipinski definition) is 1. The molecule has 0 aliphatic rings. The Morgan fingerprint density at radius 1 is 1.86 bits per heavy atom. The van der Waals surface area contributed by atoms with Gasteiger partial charge >= 0.3 is 5.97 Å². The highest BCUT2D eigenvalue weighted by atomic mass is 16.4. The third-order valence-electron chi connectivity index (χ3n) is 0.644. The van der Waals surface area contributed by atoms with E-state index in [1.807, 2.05) is 0 Å². The molecule has 0 saturated heterocycles. The Labute approximate surface area is 42.5 Å². The zero-order valence-corrected chi connectivity index (χ0v) is 4.14. The van der Waals surface area contributed by atoms with Gasteiger partial charge in [-0.3, -0.25) is 0 Å². The first-order chi connectivity index (χ1) is 3.18. The van der Waals surface area contributed by atoms with Gasteiger partial charge in [0.1, 0.15) is 0 Å². The van der Waals surface area contributed by atoms with E-state index in [4.69, 9.17) is 5.11 Å². The van der Waals surface area contributed by atoms with Gasteiger partial charge < -0.3 is 5.11 Å². The maximum absolute atomic E-state index is 9.82. The van der Waals surface area contributed by atoms with Crippen LogP contribution in [0.4, 0.5) is 0 Å². The summed E-state index contributed by atoms with van der Waals surface area (Å²) in [6.45, 7) is 4.76. The summed E-state index contributed by atoms with van der Waals surface area (Å²) in [6.07, 6.45) is 1.31. The third kappa shape index (κ3) is 1.98. The van der Waals surface area contributed by atoms with Crippen molar-refractivity contribution in [3.63, 3.8) is 0 Å². The molecule has 1 N–H and O–H groups in total. The summed E-state index contributed by atoms with van der Waals surface area (Å²) in [5.74, 6) is -0.907. The molecular weight excluding hydrogens is 92.1 g/mol. The summed E-state index contributed by atoms with van der Waals surface area (Å²) < 4.78 is 0. The predicted octanol–water partition coefficient (Wildman–Crippen LogP) is 0.851. The van der Waals surface area contributed by atoms with Crippen molar-refractivity contribution in [2.45, 2.75) is 6.92 Å². The average molecular weight is 99.1 g/mol. The van der Waals surface area contributed by atoms with E-state index in [2.05, 4.69) is 6.92 Å². The summed E-state index contributed by atoms with van der Waals surface area (Å²) in [5.41, 5.74) is 0.278. The molecule has 0 atom stereocenters. The second-order valence-electron chi connectivity index (χ2n) is 1.19. The first-order valence-electron chi connectivity index (χ1n) is 1.87. The Kier molecular flexibility index (Phi) is 2.12. The van der Waals surface area contributed by atoms with Gasteiger partial charge in [-0.15, -0.1) is 0 Å². The fourth-order valence-corrected chi connectivity index (χ4v) is 0.0873.